The molecule has 124 valence electrons. The summed E-state index contributed by atoms with van der Waals surface area (Å²) in [5, 5.41) is 3.10. The average molecular weight is 316 g/mol. The van der Waals surface area contributed by atoms with Crippen LogP contribution in [0.1, 0.15) is 90.4 Å². The number of rotatable bonds is 14. The van der Waals surface area contributed by atoms with Crippen molar-refractivity contribution in [1.82, 2.24) is 5.32 Å². The quantitative estimate of drug-likeness (QED) is 0.336. The Morgan fingerprint density at radius 2 is 1.57 bits per heavy atom. The Kier molecular flexibility index (Phi) is 10.2. The molecular formula is C18H34ClNO. The van der Waals surface area contributed by atoms with Crippen molar-refractivity contribution in [1.29, 1.82) is 0 Å². The number of carbonyl (C=O) groups excluding carboxylic acids is 1. The van der Waals surface area contributed by atoms with Crippen molar-refractivity contribution < 1.29 is 4.79 Å². The number of hydrogen-bond acceptors (Lipinski definition) is 1. The van der Waals surface area contributed by atoms with Gasteiger partial charge in [0.2, 0.25) is 5.91 Å². The first-order chi connectivity index (χ1) is 10.2. The molecule has 1 fully saturated rings. The Bertz CT molecular complexity index is 276. The summed E-state index contributed by atoms with van der Waals surface area (Å²) >= 11 is 5.80. The summed E-state index contributed by atoms with van der Waals surface area (Å²) in [6, 6.07) is 0. The molecule has 1 rings (SSSR count). The molecular weight excluding hydrogens is 282 g/mol. The van der Waals surface area contributed by atoms with Crippen molar-refractivity contribution in [2.45, 2.75) is 90.4 Å². The van der Waals surface area contributed by atoms with E-state index in [9.17, 15) is 4.79 Å². The number of alkyl halides is 1. The predicted octanol–water partition coefficient (Wildman–Crippen LogP) is 5.43. The normalized spacial score (nSPS) is 15.9. The molecule has 1 amide bonds. The van der Waals surface area contributed by atoms with Crippen molar-refractivity contribution in [2.75, 3.05) is 12.4 Å². The van der Waals surface area contributed by atoms with E-state index in [1.54, 1.807) is 0 Å². The van der Waals surface area contributed by atoms with E-state index in [0.717, 1.165) is 19.4 Å². The molecule has 0 spiro atoms. The van der Waals surface area contributed by atoms with Crippen LogP contribution >= 0.6 is 11.6 Å². The summed E-state index contributed by atoms with van der Waals surface area (Å²) in [7, 11) is 0. The van der Waals surface area contributed by atoms with Gasteiger partial charge in [0.15, 0.2) is 0 Å². The largest absolute Gasteiger partial charge is 0.356 e. The smallest absolute Gasteiger partial charge is 0.220 e. The van der Waals surface area contributed by atoms with Crippen LogP contribution < -0.4 is 5.32 Å². The average Bonchev–Trinajstić information content (AvgIpc) is 3.24. The molecule has 1 saturated carbocycles. The molecule has 0 aliphatic heterocycles. The molecule has 0 radical (unpaired) electrons. The molecule has 3 heteroatoms. The lowest BCUT2D eigenvalue weighted by Crippen LogP contribution is -2.30. The number of nitrogens with one attached hydrogen (secondary N) is 1. The van der Waals surface area contributed by atoms with Crippen LogP contribution in [-0.2, 0) is 4.79 Å². The van der Waals surface area contributed by atoms with E-state index in [4.69, 9.17) is 11.6 Å². The van der Waals surface area contributed by atoms with E-state index in [1.807, 2.05) is 0 Å². The maximum absolute atomic E-state index is 11.8. The van der Waals surface area contributed by atoms with Crippen molar-refractivity contribution in [3.05, 3.63) is 0 Å². The molecule has 0 atom stereocenters. The summed E-state index contributed by atoms with van der Waals surface area (Å²) < 4.78 is 0. The minimum Gasteiger partial charge on any atom is -0.356 e. The summed E-state index contributed by atoms with van der Waals surface area (Å²) in [5.74, 6) is 0.951. The van der Waals surface area contributed by atoms with E-state index in [2.05, 4.69) is 12.2 Å². The van der Waals surface area contributed by atoms with Gasteiger partial charge in [-0.05, 0) is 31.1 Å². The van der Waals surface area contributed by atoms with Gasteiger partial charge in [-0.25, -0.2) is 0 Å². The first kappa shape index (κ1) is 18.8. The summed E-state index contributed by atoms with van der Waals surface area (Å²) in [6.07, 6.45) is 15.9. The van der Waals surface area contributed by atoms with Gasteiger partial charge >= 0.3 is 0 Å². The lowest BCUT2D eigenvalue weighted by Gasteiger charge is -2.14. The molecule has 1 aliphatic rings. The molecule has 1 N–H and O–H groups in total. The monoisotopic (exact) mass is 315 g/mol. The van der Waals surface area contributed by atoms with Crippen LogP contribution in [-0.4, -0.2) is 18.3 Å². The fourth-order valence-electron chi connectivity index (χ4n) is 2.86. The lowest BCUT2D eigenvalue weighted by molar-refractivity contribution is -0.121. The number of halogens is 1. The second-order valence-electron chi connectivity index (χ2n) is 6.79. The molecule has 21 heavy (non-hydrogen) atoms. The summed E-state index contributed by atoms with van der Waals surface area (Å²) in [5.41, 5.74) is 0.357. The van der Waals surface area contributed by atoms with E-state index >= 15 is 0 Å². The molecule has 1 aliphatic carbocycles. The standard InChI is InChI=1S/C18H34ClNO/c1-2-3-4-5-6-7-8-9-10-11-17(21)20-16-18(12-13-18)14-15-19/h2-16H2,1H3,(H,20,21). The van der Waals surface area contributed by atoms with Gasteiger partial charge in [0.1, 0.15) is 0 Å². The van der Waals surface area contributed by atoms with Crippen molar-refractivity contribution >= 4 is 17.5 Å². The number of carbonyl (C=O) groups is 1. The van der Waals surface area contributed by atoms with E-state index in [1.165, 1.54) is 64.2 Å². The van der Waals surface area contributed by atoms with Gasteiger partial charge in [0, 0.05) is 18.8 Å². The van der Waals surface area contributed by atoms with Crippen LogP contribution in [0.3, 0.4) is 0 Å². The third-order valence-corrected chi connectivity index (χ3v) is 4.94. The third kappa shape index (κ3) is 9.39. The van der Waals surface area contributed by atoms with E-state index < -0.39 is 0 Å². The molecule has 0 aromatic heterocycles. The zero-order valence-corrected chi connectivity index (χ0v) is 14.6. The fraction of sp³-hybridized carbons (Fsp3) is 0.944. The van der Waals surface area contributed by atoms with Crippen LogP contribution in [0.25, 0.3) is 0 Å². The van der Waals surface area contributed by atoms with E-state index in [-0.39, 0.29) is 5.91 Å². The van der Waals surface area contributed by atoms with Gasteiger partial charge < -0.3 is 5.32 Å². The highest BCUT2D eigenvalue weighted by atomic mass is 35.5. The highest BCUT2D eigenvalue weighted by Gasteiger charge is 2.41. The molecule has 2 nitrogen and oxygen atoms in total. The second-order valence-corrected chi connectivity index (χ2v) is 7.17. The third-order valence-electron chi connectivity index (χ3n) is 4.75. The SMILES string of the molecule is CCCCCCCCCCCC(=O)NCC1(CCCl)CC1. The molecule has 0 heterocycles. The van der Waals surface area contributed by atoms with Crippen LogP contribution in [0, 0.1) is 5.41 Å². The molecule has 0 aromatic rings. The van der Waals surface area contributed by atoms with Gasteiger partial charge in [-0.3, -0.25) is 4.79 Å². The molecule has 0 saturated heterocycles. The Labute approximate surface area is 136 Å². The Morgan fingerprint density at radius 1 is 1.00 bits per heavy atom. The second kappa shape index (κ2) is 11.3. The highest BCUT2D eigenvalue weighted by molar-refractivity contribution is 6.17. The summed E-state index contributed by atoms with van der Waals surface area (Å²) in [4.78, 5) is 11.8. The fourth-order valence-corrected chi connectivity index (χ4v) is 3.26. The van der Waals surface area contributed by atoms with Gasteiger partial charge in [0.25, 0.3) is 0 Å². The van der Waals surface area contributed by atoms with Gasteiger partial charge in [0.05, 0.1) is 0 Å². The highest BCUT2D eigenvalue weighted by Crippen LogP contribution is 2.48. The zero-order valence-electron chi connectivity index (χ0n) is 13.9. The number of unbranched alkanes of at least 4 members (excludes halogenated alkanes) is 8. The Morgan fingerprint density at radius 3 is 2.10 bits per heavy atom. The minimum absolute atomic E-state index is 0.235. The van der Waals surface area contributed by atoms with Crippen LogP contribution in [0.5, 0.6) is 0 Å². The topological polar surface area (TPSA) is 29.1 Å². The Hall–Kier alpha value is -0.240. The van der Waals surface area contributed by atoms with Gasteiger partial charge in [-0.2, -0.15) is 0 Å². The maximum atomic E-state index is 11.8. The number of hydrogen-bond donors (Lipinski definition) is 1. The predicted molar refractivity (Wildman–Crippen MR) is 91.9 cm³/mol. The van der Waals surface area contributed by atoms with Crippen LogP contribution in [0.15, 0.2) is 0 Å². The van der Waals surface area contributed by atoms with Crippen molar-refractivity contribution in [3.63, 3.8) is 0 Å². The zero-order chi connectivity index (χ0) is 15.4. The number of amides is 1. The lowest BCUT2D eigenvalue weighted by atomic mass is 10.0. The maximum Gasteiger partial charge on any atom is 0.220 e. The van der Waals surface area contributed by atoms with Crippen LogP contribution in [0.4, 0.5) is 0 Å². The van der Waals surface area contributed by atoms with Gasteiger partial charge in [-0.1, -0.05) is 58.3 Å². The molecule has 0 bridgehead atoms. The van der Waals surface area contributed by atoms with E-state index in [0.29, 0.717) is 17.7 Å². The van der Waals surface area contributed by atoms with Crippen molar-refractivity contribution in [3.8, 4) is 0 Å². The van der Waals surface area contributed by atoms with Crippen LogP contribution in [0.2, 0.25) is 0 Å². The minimum atomic E-state index is 0.235. The van der Waals surface area contributed by atoms with Crippen molar-refractivity contribution in [2.24, 2.45) is 5.41 Å². The van der Waals surface area contributed by atoms with Gasteiger partial charge in [-0.15, -0.1) is 11.6 Å². The summed E-state index contributed by atoms with van der Waals surface area (Å²) in [6.45, 7) is 3.10. The Balaban J connectivity index is 1.85. The molecule has 0 aromatic carbocycles. The molecule has 0 unspecified atom stereocenters. The first-order valence-electron chi connectivity index (χ1n) is 9.05. The first-order valence-corrected chi connectivity index (χ1v) is 9.58.